The highest BCUT2D eigenvalue weighted by Gasteiger charge is 2.21. The quantitative estimate of drug-likeness (QED) is 0.337. The molecule has 1 rings (SSSR count). The minimum Gasteiger partial charge on any atom is -0.379 e. The van der Waals surface area contributed by atoms with Crippen LogP contribution in [0.1, 0.15) is 39.7 Å². The molecule has 0 aliphatic heterocycles. The second-order valence-corrected chi connectivity index (χ2v) is 8.83. The van der Waals surface area contributed by atoms with Crippen LogP contribution < -0.4 is 5.32 Å². The third-order valence-corrected chi connectivity index (χ3v) is 5.13. The average molecular weight is 428 g/mol. The molecule has 0 saturated heterocycles. The van der Waals surface area contributed by atoms with Crippen molar-refractivity contribution >= 4 is 17.9 Å². The fourth-order valence-electron chi connectivity index (χ4n) is 2.03. The molecule has 0 aliphatic carbocycles. The summed E-state index contributed by atoms with van der Waals surface area (Å²) in [6.07, 6.45) is 0.365. The molecule has 1 aromatic rings. The summed E-state index contributed by atoms with van der Waals surface area (Å²) in [5.74, 6) is 0.0181. The van der Waals surface area contributed by atoms with E-state index in [1.165, 1.54) is 17.6 Å². The fourth-order valence-corrected chi connectivity index (χ4v) is 2.57. The molecule has 0 aromatic heterocycles. The molecule has 0 aliphatic rings. The maximum atomic E-state index is 11.8. The van der Waals surface area contributed by atoms with Crippen molar-refractivity contribution in [2.45, 2.75) is 52.0 Å². The van der Waals surface area contributed by atoms with Gasteiger partial charge in [0.2, 0.25) is 5.91 Å². The van der Waals surface area contributed by atoms with Gasteiger partial charge in [0.05, 0.1) is 46.2 Å². The Labute approximate surface area is 180 Å². The lowest BCUT2D eigenvalue weighted by atomic mass is 9.88. The van der Waals surface area contributed by atoms with Crippen LogP contribution in [-0.2, 0) is 23.2 Å². The lowest BCUT2D eigenvalue weighted by molar-refractivity contribution is -0.123. The maximum Gasteiger partial charge on any atom is 0.222 e. The number of benzene rings is 1. The maximum absolute atomic E-state index is 11.8. The van der Waals surface area contributed by atoms with E-state index in [2.05, 4.69) is 45.1 Å². The van der Waals surface area contributed by atoms with Crippen LogP contribution >= 0.6 is 12.0 Å². The van der Waals surface area contributed by atoms with Crippen LogP contribution in [0.2, 0.25) is 0 Å². The van der Waals surface area contributed by atoms with Gasteiger partial charge in [-0.05, 0) is 31.4 Å². The van der Waals surface area contributed by atoms with Gasteiger partial charge in [0.1, 0.15) is 0 Å². The number of carbonyl (C=O) groups excluding carboxylic acids is 1. The zero-order valence-electron chi connectivity index (χ0n) is 18.5. The number of hydrogen-bond acceptors (Lipinski definition) is 6. The summed E-state index contributed by atoms with van der Waals surface area (Å²) in [6, 6.07) is 8.33. The van der Waals surface area contributed by atoms with Gasteiger partial charge in [0, 0.05) is 29.4 Å². The second-order valence-electron chi connectivity index (χ2n) is 7.96. The summed E-state index contributed by atoms with van der Waals surface area (Å²) in [5, 5.41) is 2.99. The first-order chi connectivity index (χ1) is 13.8. The monoisotopic (exact) mass is 427 g/mol. The number of rotatable bonds is 15. The van der Waals surface area contributed by atoms with Crippen LogP contribution in [-0.4, -0.2) is 58.2 Å². The summed E-state index contributed by atoms with van der Waals surface area (Å²) in [6.45, 7) is 13.8. The Hall–Kier alpha value is -1.12. The Morgan fingerprint density at radius 3 is 2.00 bits per heavy atom. The number of carbonyl (C=O) groups is 1. The second kappa shape index (κ2) is 14.8. The summed E-state index contributed by atoms with van der Waals surface area (Å²) < 4.78 is 21.8. The number of amides is 1. The SMILES string of the molecule is Cc1ccc(SOCCOCCOCCOCCC(=O)NC(C)C(C)(C)C)cc1. The van der Waals surface area contributed by atoms with Crippen LogP contribution in [0, 0.1) is 12.3 Å². The molecule has 7 heteroatoms. The molecule has 0 spiro atoms. The Morgan fingerprint density at radius 2 is 1.45 bits per heavy atom. The minimum atomic E-state index is 0.0181. The largest absolute Gasteiger partial charge is 0.379 e. The van der Waals surface area contributed by atoms with Crippen molar-refractivity contribution in [2.24, 2.45) is 5.41 Å². The van der Waals surface area contributed by atoms with Crippen LogP contribution in [0.25, 0.3) is 0 Å². The van der Waals surface area contributed by atoms with E-state index in [0.29, 0.717) is 52.7 Å². The number of nitrogens with one attached hydrogen (secondary N) is 1. The molecular formula is C22H37NO5S. The predicted octanol–water partition coefficient (Wildman–Crippen LogP) is 4.01. The van der Waals surface area contributed by atoms with Crippen molar-refractivity contribution in [3.05, 3.63) is 29.8 Å². The van der Waals surface area contributed by atoms with Crippen LogP contribution in [0.3, 0.4) is 0 Å². The van der Waals surface area contributed by atoms with Gasteiger partial charge < -0.3 is 23.7 Å². The highest BCUT2D eigenvalue weighted by atomic mass is 32.2. The third-order valence-electron chi connectivity index (χ3n) is 4.38. The molecule has 0 bridgehead atoms. The first-order valence-corrected chi connectivity index (χ1v) is 10.9. The molecule has 166 valence electrons. The van der Waals surface area contributed by atoms with E-state index in [9.17, 15) is 4.79 Å². The topological polar surface area (TPSA) is 66.0 Å². The van der Waals surface area contributed by atoms with Crippen molar-refractivity contribution < 1.29 is 23.2 Å². The molecule has 0 fully saturated rings. The van der Waals surface area contributed by atoms with E-state index >= 15 is 0 Å². The van der Waals surface area contributed by atoms with E-state index in [-0.39, 0.29) is 17.4 Å². The van der Waals surface area contributed by atoms with Crippen molar-refractivity contribution in [1.82, 2.24) is 5.32 Å². The summed E-state index contributed by atoms with van der Waals surface area (Å²) in [4.78, 5) is 12.9. The predicted molar refractivity (Wildman–Crippen MR) is 117 cm³/mol. The molecule has 1 unspecified atom stereocenters. The van der Waals surface area contributed by atoms with Gasteiger partial charge in [-0.2, -0.15) is 0 Å². The first kappa shape index (κ1) is 25.9. The molecule has 0 saturated carbocycles. The Balaban J connectivity index is 1.84. The Kier molecular flexibility index (Phi) is 13.2. The summed E-state index contributed by atoms with van der Waals surface area (Å²) in [7, 11) is 0. The highest BCUT2D eigenvalue weighted by Crippen LogP contribution is 2.19. The molecular weight excluding hydrogens is 390 g/mol. The number of aryl methyl sites for hydroxylation is 1. The molecule has 0 heterocycles. The molecule has 1 atom stereocenters. The average Bonchev–Trinajstić information content (AvgIpc) is 2.66. The summed E-state index contributed by atoms with van der Waals surface area (Å²) >= 11 is 1.36. The molecule has 1 aromatic carbocycles. The lowest BCUT2D eigenvalue weighted by Crippen LogP contribution is -2.41. The number of ether oxygens (including phenoxy) is 3. The van der Waals surface area contributed by atoms with Gasteiger partial charge in [0.15, 0.2) is 0 Å². The normalized spacial score (nSPS) is 12.7. The van der Waals surface area contributed by atoms with Gasteiger partial charge in [-0.15, -0.1) is 0 Å². The Bertz CT molecular complexity index is 559. The molecule has 6 nitrogen and oxygen atoms in total. The van der Waals surface area contributed by atoms with Crippen molar-refractivity contribution in [3.8, 4) is 0 Å². The lowest BCUT2D eigenvalue weighted by Gasteiger charge is -2.28. The van der Waals surface area contributed by atoms with Gasteiger partial charge in [-0.3, -0.25) is 4.79 Å². The standard InChI is InChI=1S/C22H37NO5S/c1-18-6-8-20(9-7-18)29-28-17-16-27-15-14-26-13-12-25-11-10-21(24)23-19(2)22(3,4)5/h6-9,19H,10-17H2,1-5H3,(H,23,24). The summed E-state index contributed by atoms with van der Waals surface area (Å²) in [5.41, 5.74) is 1.29. The molecule has 1 N–H and O–H groups in total. The zero-order valence-corrected chi connectivity index (χ0v) is 19.3. The van der Waals surface area contributed by atoms with Crippen LogP contribution in [0.4, 0.5) is 0 Å². The van der Waals surface area contributed by atoms with E-state index in [1.54, 1.807) is 0 Å². The number of hydrogen-bond donors (Lipinski definition) is 1. The third kappa shape index (κ3) is 13.7. The highest BCUT2D eigenvalue weighted by molar-refractivity contribution is 7.94. The first-order valence-electron chi connectivity index (χ1n) is 10.2. The van der Waals surface area contributed by atoms with Crippen molar-refractivity contribution in [3.63, 3.8) is 0 Å². The van der Waals surface area contributed by atoms with E-state index in [1.807, 2.05) is 19.1 Å². The molecule has 29 heavy (non-hydrogen) atoms. The molecule has 1 amide bonds. The van der Waals surface area contributed by atoms with Crippen molar-refractivity contribution in [1.29, 1.82) is 0 Å². The fraction of sp³-hybridized carbons (Fsp3) is 0.682. The van der Waals surface area contributed by atoms with E-state index in [4.69, 9.17) is 18.4 Å². The smallest absolute Gasteiger partial charge is 0.222 e. The van der Waals surface area contributed by atoms with Gasteiger partial charge >= 0.3 is 0 Å². The van der Waals surface area contributed by atoms with Gasteiger partial charge in [-0.1, -0.05) is 38.5 Å². The van der Waals surface area contributed by atoms with E-state index < -0.39 is 0 Å². The van der Waals surface area contributed by atoms with Crippen LogP contribution in [0.5, 0.6) is 0 Å². The Morgan fingerprint density at radius 1 is 0.931 bits per heavy atom. The molecule has 0 radical (unpaired) electrons. The van der Waals surface area contributed by atoms with Crippen LogP contribution in [0.15, 0.2) is 29.2 Å². The minimum absolute atomic E-state index is 0.0181. The van der Waals surface area contributed by atoms with Crippen molar-refractivity contribution in [2.75, 3.05) is 46.2 Å². The zero-order chi connectivity index (χ0) is 21.5. The van der Waals surface area contributed by atoms with Gasteiger partial charge in [-0.25, -0.2) is 0 Å². The van der Waals surface area contributed by atoms with E-state index in [0.717, 1.165) is 4.90 Å². The van der Waals surface area contributed by atoms with Gasteiger partial charge in [0.25, 0.3) is 0 Å².